The molecule has 1 aliphatic heterocycles. The van der Waals surface area contributed by atoms with Gasteiger partial charge in [-0.2, -0.15) is 18.4 Å². The Labute approximate surface area is 153 Å². The summed E-state index contributed by atoms with van der Waals surface area (Å²) in [7, 11) is 3.63. The maximum Gasteiger partial charge on any atom is 0.419 e. The molecule has 140 valence electrons. The monoisotopic (exact) mass is 377 g/mol. The second-order valence-corrected chi connectivity index (χ2v) is 6.28. The van der Waals surface area contributed by atoms with Crippen LogP contribution in [-0.4, -0.2) is 14.1 Å². The molecule has 1 unspecified atom stereocenters. The zero-order valence-corrected chi connectivity index (χ0v) is 14.4. The normalized spacial score (nSPS) is 16.4. The maximum atomic E-state index is 13.7. The molecule has 0 spiro atoms. The molecule has 1 aliphatic rings. The van der Waals surface area contributed by atoms with Crippen LogP contribution in [0.4, 0.5) is 23.2 Å². The summed E-state index contributed by atoms with van der Waals surface area (Å²) in [5.74, 6) is -2.13. The lowest BCUT2D eigenvalue weighted by Crippen LogP contribution is -2.22. The van der Waals surface area contributed by atoms with Gasteiger partial charge in [0.15, 0.2) is 0 Å². The molecule has 0 bridgehead atoms. The van der Waals surface area contributed by atoms with Crippen molar-refractivity contribution in [3.63, 3.8) is 0 Å². The van der Waals surface area contributed by atoms with Crippen LogP contribution in [0, 0.1) is 17.1 Å². The molecule has 2 aromatic carbocycles. The van der Waals surface area contributed by atoms with Gasteiger partial charge in [-0.15, -0.1) is 0 Å². The van der Waals surface area contributed by atoms with Crippen LogP contribution in [0.5, 0.6) is 5.75 Å². The molecule has 2 N–H and O–H groups in total. The summed E-state index contributed by atoms with van der Waals surface area (Å²) in [6, 6.07) is 9.66. The second kappa shape index (κ2) is 6.50. The molecule has 0 saturated heterocycles. The molecule has 0 amide bonds. The second-order valence-electron chi connectivity index (χ2n) is 6.28. The molecular formula is C19H15F4N3O. The quantitative estimate of drug-likeness (QED) is 0.800. The van der Waals surface area contributed by atoms with E-state index in [4.69, 9.17) is 10.5 Å². The van der Waals surface area contributed by atoms with Gasteiger partial charge in [-0.1, -0.05) is 12.1 Å². The Kier molecular flexibility index (Phi) is 4.47. The Balaban J connectivity index is 2.22. The van der Waals surface area contributed by atoms with Gasteiger partial charge in [0.25, 0.3) is 0 Å². The van der Waals surface area contributed by atoms with Crippen LogP contribution < -0.4 is 15.4 Å². The van der Waals surface area contributed by atoms with Crippen molar-refractivity contribution in [2.45, 2.75) is 12.1 Å². The Morgan fingerprint density at radius 1 is 1.15 bits per heavy atom. The van der Waals surface area contributed by atoms with Crippen molar-refractivity contribution < 1.29 is 22.3 Å². The Morgan fingerprint density at radius 3 is 2.44 bits per heavy atom. The van der Waals surface area contributed by atoms with Crippen molar-refractivity contribution in [2.24, 2.45) is 5.73 Å². The first-order valence-electron chi connectivity index (χ1n) is 7.89. The number of rotatable bonds is 2. The van der Waals surface area contributed by atoms with Crippen molar-refractivity contribution in [3.8, 4) is 11.8 Å². The molecular weight excluding hydrogens is 362 g/mol. The molecule has 0 saturated carbocycles. The van der Waals surface area contributed by atoms with Gasteiger partial charge in [-0.3, -0.25) is 0 Å². The van der Waals surface area contributed by atoms with Gasteiger partial charge in [-0.25, -0.2) is 4.39 Å². The summed E-state index contributed by atoms with van der Waals surface area (Å²) in [6.07, 6.45) is -4.86. The third-order valence-corrected chi connectivity index (χ3v) is 4.35. The van der Waals surface area contributed by atoms with E-state index in [1.165, 1.54) is 6.07 Å². The lowest BCUT2D eigenvalue weighted by Gasteiger charge is -2.28. The number of allylic oxidation sites excluding steroid dienone is 1. The minimum atomic E-state index is -4.86. The largest absolute Gasteiger partial charge is 0.440 e. The molecule has 0 fully saturated rings. The topological polar surface area (TPSA) is 62.3 Å². The van der Waals surface area contributed by atoms with Crippen LogP contribution in [0.2, 0.25) is 0 Å². The van der Waals surface area contributed by atoms with Gasteiger partial charge >= 0.3 is 6.18 Å². The molecule has 3 rings (SSSR count). The molecule has 2 aromatic rings. The SMILES string of the molecule is CN(C)c1ccc2c(c1)OC(N)=C(C#N)C2c1ccc(F)c(C(F)(F)F)c1. The minimum Gasteiger partial charge on any atom is -0.440 e. The first kappa shape index (κ1) is 18.6. The zero-order valence-electron chi connectivity index (χ0n) is 14.4. The van der Waals surface area contributed by atoms with E-state index in [9.17, 15) is 22.8 Å². The van der Waals surface area contributed by atoms with Crippen molar-refractivity contribution in [3.05, 3.63) is 70.4 Å². The van der Waals surface area contributed by atoms with Crippen molar-refractivity contribution >= 4 is 5.69 Å². The van der Waals surface area contributed by atoms with Crippen LogP contribution >= 0.6 is 0 Å². The van der Waals surface area contributed by atoms with E-state index in [0.29, 0.717) is 17.4 Å². The third-order valence-electron chi connectivity index (χ3n) is 4.35. The van der Waals surface area contributed by atoms with E-state index < -0.39 is 23.5 Å². The van der Waals surface area contributed by atoms with Gasteiger partial charge in [-0.05, 0) is 23.8 Å². The molecule has 0 aliphatic carbocycles. The first-order valence-corrected chi connectivity index (χ1v) is 7.89. The molecule has 1 atom stereocenters. The molecule has 0 aromatic heterocycles. The van der Waals surface area contributed by atoms with Gasteiger partial charge in [0.2, 0.25) is 5.88 Å². The van der Waals surface area contributed by atoms with Crippen LogP contribution in [-0.2, 0) is 6.18 Å². The Morgan fingerprint density at radius 2 is 1.85 bits per heavy atom. The number of benzene rings is 2. The van der Waals surface area contributed by atoms with E-state index in [0.717, 1.165) is 11.8 Å². The average molecular weight is 377 g/mol. The number of nitrogens with zero attached hydrogens (tertiary/aromatic N) is 2. The zero-order chi connectivity index (χ0) is 19.9. The number of anilines is 1. The highest BCUT2D eigenvalue weighted by Gasteiger charge is 2.37. The Hall–Kier alpha value is -3.21. The van der Waals surface area contributed by atoms with Crippen LogP contribution in [0.25, 0.3) is 0 Å². The van der Waals surface area contributed by atoms with Crippen LogP contribution in [0.1, 0.15) is 22.6 Å². The molecule has 1 heterocycles. The van der Waals surface area contributed by atoms with E-state index in [2.05, 4.69) is 0 Å². The van der Waals surface area contributed by atoms with E-state index in [-0.39, 0.29) is 17.0 Å². The number of halogens is 4. The summed E-state index contributed by atoms with van der Waals surface area (Å²) in [4.78, 5) is 1.82. The summed E-state index contributed by atoms with van der Waals surface area (Å²) >= 11 is 0. The number of hydrogen-bond donors (Lipinski definition) is 1. The minimum absolute atomic E-state index is 0.0279. The standard InChI is InChI=1S/C19H15F4N3O/c1-26(2)11-4-5-12-16(8-11)27-18(25)13(9-24)17(12)10-3-6-15(20)14(7-10)19(21,22)23/h3-8,17H,25H2,1-2H3. The maximum absolute atomic E-state index is 13.7. The number of ether oxygens (including phenoxy) is 1. The Bertz CT molecular complexity index is 974. The van der Waals surface area contributed by atoms with E-state index in [1.54, 1.807) is 18.2 Å². The molecule has 27 heavy (non-hydrogen) atoms. The lowest BCUT2D eigenvalue weighted by molar-refractivity contribution is -0.140. The van der Waals surface area contributed by atoms with Crippen molar-refractivity contribution in [2.75, 3.05) is 19.0 Å². The first-order chi connectivity index (χ1) is 12.6. The number of fused-ring (bicyclic) bond motifs is 1. The number of nitrogens with two attached hydrogens (primary N) is 1. The number of hydrogen-bond acceptors (Lipinski definition) is 4. The van der Waals surface area contributed by atoms with E-state index >= 15 is 0 Å². The third kappa shape index (κ3) is 3.28. The smallest absolute Gasteiger partial charge is 0.419 e. The highest BCUT2D eigenvalue weighted by Crippen LogP contribution is 2.44. The molecule has 4 nitrogen and oxygen atoms in total. The van der Waals surface area contributed by atoms with Gasteiger partial charge in [0.05, 0.1) is 11.5 Å². The average Bonchev–Trinajstić information content (AvgIpc) is 2.59. The van der Waals surface area contributed by atoms with Crippen LogP contribution in [0.3, 0.4) is 0 Å². The fourth-order valence-electron chi connectivity index (χ4n) is 3.00. The number of nitriles is 1. The predicted molar refractivity (Wildman–Crippen MR) is 91.5 cm³/mol. The summed E-state index contributed by atoms with van der Waals surface area (Å²) in [6.45, 7) is 0. The van der Waals surface area contributed by atoms with Gasteiger partial charge in [0, 0.05) is 31.4 Å². The summed E-state index contributed by atoms with van der Waals surface area (Å²) < 4.78 is 58.5. The summed E-state index contributed by atoms with van der Waals surface area (Å²) in [5, 5.41) is 9.47. The fourth-order valence-corrected chi connectivity index (χ4v) is 3.00. The fraction of sp³-hybridized carbons (Fsp3) is 0.211. The van der Waals surface area contributed by atoms with Crippen molar-refractivity contribution in [1.29, 1.82) is 5.26 Å². The molecule has 8 heteroatoms. The van der Waals surface area contributed by atoms with Gasteiger partial charge in [0.1, 0.15) is 23.2 Å². The highest BCUT2D eigenvalue weighted by atomic mass is 19.4. The van der Waals surface area contributed by atoms with Gasteiger partial charge < -0.3 is 15.4 Å². The lowest BCUT2D eigenvalue weighted by atomic mass is 9.83. The van der Waals surface area contributed by atoms with Crippen LogP contribution in [0.15, 0.2) is 47.9 Å². The predicted octanol–water partition coefficient (Wildman–Crippen LogP) is 4.13. The number of alkyl halides is 3. The van der Waals surface area contributed by atoms with E-state index in [1.807, 2.05) is 25.1 Å². The van der Waals surface area contributed by atoms with Crippen molar-refractivity contribution in [1.82, 2.24) is 0 Å². The summed E-state index contributed by atoms with van der Waals surface area (Å²) in [5.41, 5.74) is 5.78. The highest BCUT2D eigenvalue weighted by molar-refractivity contribution is 5.61. The molecule has 0 radical (unpaired) electrons.